The van der Waals surface area contributed by atoms with Crippen molar-refractivity contribution in [3.05, 3.63) is 24.3 Å². The molecule has 2 aliphatic heterocycles. The molecule has 3 rings (SSSR count). The highest BCUT2D eigenvalue weighted by Gasteiger charge is 2.46. The van der Waals surface area contributed by atoms with Gasteiger partial charge in [0.2, 0.25) is 0 Å². The second-order valence-corrected chi connectivity index (χ2v) is 4.76. The molecule has 0 saturated carbocycles. The fraction of sp³-hybridized carbons (Fsp3) is 0.385. The first-order chi connectivity index (χ1) is 8.68. The Hall–Kier alpha value is -2.04. The van der Waals surface area contributed by atoms with Crippen LogP contribution in [0, 0.1) is 0 Å². The number of imide groups is 1. The number of rotatable bonds is 1. The highest BCUT2D eigenvalue weighted by Crippen LogP contribution is 2.31. The number of piperidine rings is 1. The van der Waals surface area contributed by atoms with E-state index in [-0.39, 0.29) is 18.0 Å². The second kappa shape index (κ2) is 4.01. The zero-order valence-corrected chi connectivity index (χ0v) is 10.0. The molecule has 5 heteroatoms. The van der Waals surface area contributed by atoms with Crippen LogP contribution in [-0.2, 0) is 4.79 Å². The molecule has 2 N–H and O–H groups in total. The van der Waals surface area contributed by atoms with Gasteiger partial charge in [0.25, 0.3) is 5.91 Å². The number of nitrogens with zero attached hydrogens (tertiary/aromatic N) is 2. The molecule has 1 atom stereocenters. The van der Waals surface area contributed by atoms with E-state index in [1.807, 2.05) is 0 Å². The molecule has 2 fully saturated rings. The van der Waals surface area contributed by atoms with Gasteiger partial charge in [0, 0.05) is 12.2 Å². The molecule has 2 aliphatic rings. The molecule has 2 heterocycles. The summed E-state index contributed by atoms with van der Waals surface area (Å²) in [6, 6.07) is 6.41. The zero-order chi connectivity index (χ0) is 12.7. The molecule has 1 aromatic rings. The summed E-state index contributed by atoms with van der Waals surface area (Å²) >= 11 is 0. The third kappa shape index (κ3) is 1.54. The smallest absolute Gasteiger partial charge is 0.332 e. The van der Waals surface area contributed by atoms with Gasteiger partial charge < -0.3 is 10.6 Å². The molecule has 3 amide bonds. The average molecular weight is 245 g/mol. The fourth-order valence-corrected chi connectivity index (χ4v) is 2.69. The Labute approximate surface area is 105 Å². The van der Waals surface area contributed by atoms with Gasteiger partial charge in [0.1, 0.15) is 6.04 Å². The summed E-state index contributed by atoms with van der Waals surface area (Å²) in [7, 11) is 0. The zero-order valence-electron chi connectivity index (χ0n) is 10.0. The van der Waals surface area contributed by atoms with Crippen LogP contribution >= 0.6 is 0 Å². The Balaban J connectivity index is 1.97. The predicted octanol–water partition coefficient (Wildman–Crippen LogP) is 1.59. The van der Waals surface area contributed by atoms with E-state index >= 15 is 0 Å². The number of hydrogen-bond donors (Lipinski definition) is 1. The summed E-state index contributed by atoms with van der Waals surface area (Å²) in [5.74, 6) is -0.120. The molecule has 0 bridgehead atoms. The van der Waals surface area contributed by atoms with Crippen LogP contribution in [0.1, 0.15) is 19.3 Å². The minimum Gasteiger partial charge on any atom is -0.399 e. The predicted molar refractivity (Wildman–Crippen MR) is 68.1 cm³/mol. The van der Waals surface area contributed by atoms with Crippen molar-refractivity contribution in [1.82, 2.24) is 4.90 Å². The summed E-state index contributed by atoms with van der Waals surface area (Å²) in [5, 5.41) is 0. The average Bonchev–Trinajstić information content (AvgIpc) is 2.63. The van der Waals surface area contributed by atoms with E-state index in [1.165, 1.54) is 4.90 Å². The standard InChI is InChI=1S/C13H15N3O2/c14-9-4-3-5-10(8-9)16-12(17)11-6-1-2-7-15(11)13(16)18/h3-5,8,11H,1-2,6-7,14H2/t11-/m1/s1. The minimum atomic E-state index is -0.271. The summed E-state index contributed by atoms with van der Waals surface area (Å²) in [4.78, 5) is 27.5. The van der Waals surface area contributed by atoms with E-state index in [2.05, 4.69) is 0 Å². The van der Waals surface area contributed by atoms with E-state index < -0.39 is 0 Å². The van der Waals surface area contributed by atoms with Gasteiger partial charge in [-0.05, 0) is 37.5 Å². The van der Waals surface area contributed by atoms with Crippen LogP contribution in [0.15, 0.2) is 24.3 Å². The molecule has 0 aromatic heterocycles. The van der Waals surface area contributed by atoms with Crippen LogP contribution in [0.4, 0.5) is 16.2 Å². The van der Waals surface area contributed by atoms with Crippen molar-refractivity contribution in [2.75, 3.05) is 17.2 Å². The van der Waals surface area contributed by atoms with Crippen LogP contribution in [0.2, 0.25) is 0 Å². The van der Waals surface area contributed by atoms with Crippen molar-refractivity contribution in [2.45, 2.75) is 25.3 Å². The maximum Gasteiger partial charge on any atom is 0.332 e. The lowest BCUT2D eigenvalue weighted by atomic mass is 10.0. The van der Waals surface area contributed by atoms with Crippen molar-refractivity contribution < 1.29 is 9.59 Å². The maximum absolute atomic E-state index is 12.3. The Kier molecular flexibility index (Phi) is 2.47. The third-order valence-electron chi connectivity index (χ3n) is 3.57. The topological polar surface area (TPSA) is 66.6 Å². The van der Waals surface area contributed by atoms with E-state index in [4.69, 9.17) is 5.73 Å². The Morgan fingerprint density at radius 3 is 2.78 bits per heavy atom. The molecule has 18 heavy (non-hydrogen) atoms. The number of carbonyl (C=O) groups is 2. The first kappa shape index (κ1) is 11.1. The fourth-order valence-electron chi connectivity index (χ4n) is 2.69. The lowest BCUT2D eigenvalue weighted by Crippen LogP contribution is -2.39. The summed E-state index contributed by atoms with van der Waals surface area (Å²) in [6.07, 6.45) is 2.74. The summed E-state index contributed by atoms with van der Waals surface area (Å²) in [5.41, 5.74) is 6.82. The molecule has 0 unspecified atom stereocenters. The van der Waals surface area contributed by atoms with Crippen LogP contribution in [0.3, 0.4) is 0 Å². The van der Waals surface area contributed by atoms with Crippen molar-refractivity contribution in [2.24, 2.45) is 0 Å². The van der Waals surface area contributed by atoms with Gasteiger partial charge in [-0.25, -0.2) is 9.69 Å². The number of fused-ring (bicyclic) bond motifs is 1. The Morgan fingerprint density at radius 1 is 1.22 bits per heavy atom. The third-order valence-corrected chi connectivity index (χ3v) is 3.57. The molecule has 5 nitrogen and oxygen atoms in total. The number of nitrogens with two attached hydrogens (primary N) is 1. The van der Waals surface area contributed by atoms with Gasteiger partial charge in [-0.3, -0.25) is 4.79 Å². The molecule has 1 aromatic carbocycles. The van der Waals surface area contributed by atoms with Gasteiger partial charge in [0.05, 0.1) is 5.69 Å². The second-order valence-electron chi connectivity index (χ2n) is 4.76. The molecule has 0 radical (unpaired) electrons. The van der Waals surface area contributed by atoms with Gasteiger partial charge in [-0.15, -0.1) is 0 Å². The quantitative estimate of drug-likeness (QED) is 0.603. The summed E-state index contributed by atoms with van der Waals surface area (Å²) in [6.45, 7) is 0.675. The largest absolute Gasteiger partial charge is 0.399 e. The number of carbonyl (C=O) groups excluding carboxylic acids is 2. The molecule has 0 aliphatic carbocycles. The number of hydrogen-bond acceptors (Lipinski definition) is 3. The van der Waals surface area contributed by atoms with E-state index in [0.29, 0.717) is 17.9 Å². The van der Waals surface area contributed by atoms with Gasteiger partial charge in [0.15, 0.2) is 0 Å². The lowest BCUT2D eigenvalue weighted by Gasteiger charge is -2.25. The van der Waals surface area contributed by atoms with E-state index in [1.54, 1.807) is 29.2 Å². The number of urea groups is 1. The first-order valence-electron chi connectivity index (χ1n) is 6.18. The maximum atomic E-state index is 12.3. The van der Waals surface area contributed by atoms with Crippen LogP contribution < -0.4 is 10.6 Å². The molecular weight excluding hydrogens is 230 g/mol. The van der Waals surface area contributed by atoms with E-state index in [0.717, 1.165) is 19.3 Å². The first-order valence-corrected chi connectivity index (χ1v) is 6.18. The monoisotopic (exact) mass is 245 g/mol. The van der Waals surface area contributed by atoms with Gasteiger partial charge in [-0.2, -0.15) is 0 Å². The number of anilines is 2. The summed E-state index contributed by atoms with van der Waals surface area (Å²) < 4.78 is 0. The number of amides is 3. The van der Waals surface area contributed by atoms with Crippen LogP contribution in [-0.4, -0.2) is 29.4 Å². The van der Waals surface area contributed by atoms with Gasteiger partial charge >= 0.3 is 6.03 Å². The highest BCUT2D eigenvalue weighted by molar-refractivity contribution is 6.21. The van der Waals surface area contributed by atoms with Crippen LogP contribution in [0.5, 0.6) is 0 Å². The molecule has 0 spiro atoms. The Morgan fingerprint density at radius 2 is 2.06 bits per heavy atom. The van der Waals surface area contributed by atoms with Crippen molar-refractivity contribution >= 4 is 23.3 Å². The van der Waals surface area contributed by atoms with Crippen molar-refractivity contribution in [3.63, 3.8) is 0 Å². The number of benzene rings is 1. The van der Waals surface area contributed by atoms with Gasteiger partial charge in [-0.1, -0.05) is 6.07 Å². The van der Waals surface area contributed by atoms with E-state index in [9.17, 15) is 9.59 Å². The molecule has 2 saturated heterocycles. The molecule has 94 valence electrons. The minimum absolute atomic E-state index is 0.120. The highest BCUT2D eigenvalue weighted by atomic mass is 16.2. The van der Waals surface area contributed by atoms with Crippen molar-refractivity contribution in [3.8, 4) is 0 Å². The lowest BCUT2D eigenvalue weighted by molar-refractivity contribution is -0.120. The van der Waals surface area contributed by atoms with Crippen LogP contribution in [0.25, 0.3) is 0 Å². The number of nitrogen functional groups attached to an aromatic ring is 1. The Bertz CT molecular complexity index is 491. The molecular formula is C13H15N3O2. The van der Waals surface area contributed by atoms with Crippen molar-refractivity contribution in [1.29, 1.82) is 0 Å². The normalized spacial score (nSPS) is 23.4. The SMILES string of the molecule is Nc1cccc(N2C(=O)[C@H]3CCCCN3C2=O)c1.